The Bertz CT molecular complexity index is 946. The van der Waals surface area contributed by atoms with Gasteiger partial charge < -0.3 is 15.2 Å². The number of fused-ring (bicyclic) bond motifs is 1. The zero-order chi connectivity index (χ0) is 20.0. The minimum absolute atomic E-state index is 0.0128. The van der Waals surface area contributed by atoms with Crippen molar-refractivity contribution < 1.29 is 9.59 Å². The number of hydrogen-bond acceptors (Lipinski definition) is 4. The number of benzene rings is 1. The van der Waals surface area contributed by atoms with Gasteiger partial charge in [-0.15, -0.1) is 0 Å². The molecule has 1 unspecified atom stereocenters. The molecule has 0 bridgehead atoms. The van der Waals surface area contributed by atoms with Crippen LogP contribution in [0.5, 0.6) is 0 Å². The number of nitrogens with one attached hydrogen (secondary N) is 2. The molecule has 1 aromatic heterocycles. The van der Waals surface area contributed by atoms with Gasteiger partial charge in [0.1, 0.15) is 11.4 Å². The molecule has 1 aromatic carbocycles. The van der Waals surface area contributed by atoms with Crippen LogP contribution in [0, 0.1) is 6.92 Å². The third-order valence-electron chi connectivity index (χ3n) is 6.89. The summed E-state index contributed by atoms with van der Waals surface area (Å²) in [5.74, 6) is 1.40. The Morgan fingerprint density at radius 3 is 2.83 bits per heavy atom. The monoisotopic (exact) mass is 395 g/mol. The number of imidazole rings is 1. The van der Waals surface area contributed by atoms with E-state index in [1.807, 2.05) is 0 Å². The molecule has 1 atom stereocenters. The molecule has 1 spiro atoms. The molecule has 3 heterocycles. The van der Waals surface area contributed by atoms with Gasteiger partial charge in [0.2, 0.25) is 0 Å². The van der Waals surface area contributed by atoms with Crippen molar-refractivity contribution in [2.24, 2.45) is 0 Å². The van der Waals surface area contributed by atoms with Crippen LogP contribution < -0.4 is 5.32 Å². The van der Waals surface area contributed by atoms with E-state index in [4.69, 9.17) is 4.98 Å². The van der Waals surface area contributed by atoms with Crippen molar-refractivity contribution in [2.75, 3.05) is 26.2 Å². The number of carbonyl (C=O) groups excluding carboxylic acids is 2. The Labute approximate surface area is 170 Å². The molecule has 7 heteroatoms. The topological polar surface area (TPSA) is 81.3 Å². The average Bonchev–Trinajstić information content (AvgIpc) is 3.40. The van der Waals surface area contributed by atoms with Gasteiger partial charge in [0.25, 0.3) is 5.91 Å². The highest BCUT2D eigenvalue weighted by molar-refractivity contribution is 6.07. The number of aryl methyl sites for hydroxylation is 1. The van der Waals surface area contributed by atoms with E-state index < -0.39 is 5.54 Å². The number of nitrogens with zero attached hydrogens (tertiary/aromatic N) is 3. The molecule has 2 aliphatic heterocycles. The number of carbonyl (C=O) groups is 2. The van der Waals surface area contributed by atoms with E-state index in [0.29, 0.717) is 12.5 Å². The van der Waals surface area contributed by atoms with Gasteiger partial charge in [0, 0.05) is 25.6 Å². The van der Waals surface area contributed by atoms with Crippen molar-refractivity contribution in [3.63, 3.8) is 0 Å². The summed E-state index contributed by atoms with van der Waals surface area (Å²) in [4.78, 5) is 37.4. The van der Waals surface area contributed by atoms with E-state index in [1.54, 1.807) is 0 Å². The fraction of sp³-hybridized carbons (Fsp3) is 0.591. The zero-order valence-corrected chi connectivity index (χ0v) is 17.0. The summed E-state index contributed by atoms with van der Waals surface area (Å²) in [7, 11) is 0. The molecule has 3 aliphatic rings. The number of piperidine rings is 1. The lowest BCUT2D eigenvalue weighted by Crippen LogP contribution is -2.45. The number of urea groups is 1. The first kappa shape index (κ1) is 18.6. The minimum atomic E-state index is -0.603. The number of likely N-dealkylation sites (tertiary alicyclic amines) is 1. The number of aromatic nitrogens is 2. The van der Waals surface area contributed by atoms with Gasteiger partial charge in [-0.2, -0.15) is 0 Å². The first-order chi connectivity index (χ1) is 14.0. The molecule has 1 saturated carbocycles. The van der Waals surface area contributed by atoms with Gasteiger partial charge in [0.15, 0.2) is 0 Å². The lowest BCUT2D eigenvalue weighted by Gasteiger charge is -2.32. The Hall–Kier alpha value is -2.41. The number of imide groups is 1. The molecular weight excluding hydrogens is 366 g/mol. The van der Waals surface area contributed by atoms with Crippen LogP contribution in [0.15, 0.2) is 18.2 Å². The molecule has 29 heavy (non-hydrogen) atoms. The van der Waals surface area contributed by atoms with Crippen molar-refractivity contribution in [1.29, 1.82) is 0 Å². The maximum Gasteiger partial charge on any atom is 0.325 e. The molecule has 1 aliphatic carbocycles. The van der Waals surface area contributed by atoms with Crippen molar-refractivity contribution in [3.05, 3.63) is 29.6 Å². The van der Waals surface area contributed by atoms with E-state index in [9.17, 15) is 9.59 Å². The van der Waals surface area contributed by atoms with Crippen LogP contribution in [0.4, 0.5) is 4.79 Å². The van der Waals surface area contributed by atoms with Crippen LogP contribution in [-0.4, -0.2) is 63.4 Å². The van der Waals surface area contributed by atoms with Crippen molar-refractivity contribution >= 4 is 23.0 Å². The molecule has 7 nitrogen and oxygen atoms in total. The first-order valence-electron chi connectivity index (χ1n) is 10.9. The van der Waals surface area contributed by atoms with Crippen LogP contribution in [-0.2, 0) is 4.79 Å². The number of rotatable bonds is 4. The van der Waals surface area contributed by atoms with E-state index >= 15 is 0 Å². The second-order valence-corrected chi connectivity index (χ2v) is 8.96. The third kappa shape index (κ3) is 3.31. The second-order valence-electron chi connectivity index (χ2n) is 8.96. The van der Waals surface area contributed by atoms with E-state index in [0.717, 1.165) is 75.0 Å². The summed E-state index contributed by atoms with van der Waals surface area (Å²) in [6.45, 7) is 5.20. The third-order valence-corrected chi connectivity index (χ3v) is 6.89. The maximum absolute atomic E-state index is 12.8. The van der Waals surface area contributed by atoms with Crippen LogP contribution >= 0.6 is 0 Å². The van der Waals surface area contributed by atoms with Crippen molar-refractivity contribution in [2.45, 2.75) is 56.9 Å². The summed E-state index contributed by atoms with van der Waals surface area (Å²) in [6.07, 6.45) is 5.82. The molecule has 3 amide bonds. The highest BCUT2D eigenvalue weighted by atomic mass is 16.2. The van der Waals surface area contributed by atoms with Gasteiger partial charge in [-0.25, -0.2) is 9.78 Å². The second kappa shape index (κ2) is 7.13. The summed E-state index contributed by atoms with van der Waals surface area (Å²) in [5, 5.41) is 2.97. The smallest absolute Gasteiger partial charge is 0.325 e. The molecule has 2 N–H and O–H groups in total. The van der Waals surface area contributed by atoms with Crippen molar-refractivity contribution in [3.8, 4) is 0 Å². The molecule has 154 valence electrons. The Balaban J connectivity index is 1.23. The SMILES string of the molecule is Cc1ccc2nc(C3CCCN(CCN4C(=O)NC5(CCCC5)C4=O)C3)[nH]c2c1. The number of aromatic amines is 1. The zero-order valence-electron chi connectivity index (χ0n) is 17.0. The fourth-order valence-corrected chi connectivity index (χ4v) is 5.26. The van der Waals surface area contributed by atoms with E-state index in [1.165, 1.54) is 10.5 Å². The Morgan fingerprint density at radius 2 is 2.00 bits per heavy atom. The predicted molar refractivity (Wildman–Crippen MR) is 111 cm³/mol. The predicted octanol–water partition coefficient (Wildman–Crippen LogP) is 2.92. The van der Waals surface area contributed by atoms with Gasteiger partial charge in [-0.3, -0.25) is 9.69 Å². The normalized spacial score (nSPS) is 24.7. The maximum atomic E-state index is 12.8. The largest absolute Gasteiger partial charge is 0.342 e. The van der Waals surface area contributed by atoms with Gasteiger partial charge in [-0.1, -0.05) is 18.9 Å². The number of H-pyrrole nitrogens is 1. The van der Waals surface area contributed by atoms with E-state index in [-0.39, 0.29) is 11.9 Å². The molecule has 2 aromatic rings. The Kier molecular flexibility index (Phi) is 4.57. The summed E-state index contributed by atoms with van der Waals surface area (Å²) >= 11 is 0. The molecule has 0 radical (unpaired) electrons. The quantitative estimate of drug-likeness (QED) is 0.780. The lowest BCUT2D eigenvalue weighted by molar-refractivity contribution is -0.131. The number of amides is 3. The van der Waals surface area contributed by atoms with Crippen LogP contribution in [0.2, 0.25) is 0 Å². The van der Waals surface area contributed by atoms with Crippen LogP contribution in [0.3, 0.4) is 0 Å². The lowest BCUT2D eigenvalue weighted by atomic mass is 9.97. The molecular formula is C22H29N5O2. The summed E-state index contributed by atoms with van der Waals surface area (Å²) in [6, 6.07) is 6.10. The standard InChI is InChI=1S/C22H29N5O2/c1-15-6-7-17-18(13-15)24-19(23-17)16-5-4-10-26(14-16)11-12-27-20(28)22(25-21(27)29)8-2-3-9-22/h6-7,13,16H,2-5,8-12,14H2,1H3,(H,23,24)(H,25,29). The van der Waals surface area contributed by atoms with Crippen molar-refractivity contribution in [1.82, 2.24) is 25.1 Å². The average molecular weight is 396 g/mol. The molecule has 3 fully saturated rings. The van der Waals surface area contributed by atoms with E-state index in [2.05, 4.69) is 40.3 Å². The summed E-state index contributed by atoms with van der Waals surface area (Å²) < 4.78 is 0. The van der Waals surface area contributed by atoms with Gasteiger partial charge >= 0.3 is 6.03 Å². The van der Waals surface area contributed by atoms with Gasteiger partial charge in [-0.05, 0) is 56.8 Å². The number of hydrogen-bond donors (Lipinski definition) is 2. The Morgan fingerprint density at radius 1 is 1.17 bits per heavy atom. The minimum Gasteiger partial charge on any atom is -0.342 e. The first-order valence-corrected chi connectivity index (χ1v) is 10.9. The molecule has 5 rings (SSSR count). The van der Waals surface area contributed by atoms with Crippen LogP contribution in [0.1, 0.15) is 55.8 Å². The van der Waals surface area contributed by atoms with Crippen LogP contribution in [0.25, 0.3) is 11.0 Å². The van der Waals surface area contributed by atoms with Gasteiger partial charge in [0.05, 0.1) is 11.0 Å². The highest BCUT2D eigenvalue weighted by Gasteiger charge is 2.52. The fourth-order valence-electron chi connectivity index (χ4n) is 5.26. The summed E-state index contributed by atoms with van der Waals surface area (Å²) in [5.41, 5.74) is 2.74. The molecule has 2 saturated heterocycles. The highest BCUT2D eigenvalue weighted by Crippen LogP contribution is 2.35.